The largest absolute Gasteiger partial charge is 0.388 e. The number of piperazine rings is 1. The zero-order valence-electron chi connectivity index (χ0n) is 11.1. The predicted molar refractivity (Wildman–Crippen MR) is 74.9 cm³/mol. The van der Waals surface area contributed by atoms with Gasteiger partial charge in [0.05, 0.1) is 0 Å². The summed E-state index contributed by atoms with van der Waals surface area (Å²) in [5, 5.41) is 3.20. The monoisotopic (exact) mass is 233 g/mol. The summed E-state index contributed by atoms with van der Waals surface area (Å²) in [4.78, 5) is 5.02. The number of likely N-dealkylation sites (N-methyl/N-ethyl adjacent to an activating group) is 1. The first-order valence-corrected chi connectivity index (χ1v) is 6.51. The van der Waals surface area contributed by atoms with Crippen molar-refractivity contribution in [1.82, 2.24) is 4.90 Å². The van der Waals surface area contributed by atoms with E-state index >= 15 is 0 Å². The van der Waals surface area contributed by atoms with Crippen molar-refractivity contribution >= 4 is 11.4 Å². The lowest BCUT2D eigenvalue weighted by atomic mass is 10.1. The number of rotatable bonds is 3. The molecule has 17 heavy (non-hydrogen) atoms. The summed E-state index contributed by atoms with van der Waals surface area (Å²) in [6, 6.07) is 9.31. The third-order valence-corrected chi connectivity index (χ3v) is 3.67. The lowest BCUT2D eigenvalue weighted by molar-refractivity contribution is 0.199. The predicted octanol–water partition coefficient (Wildman–Crippen LogP) is 2.26. The van der Waals surface area contributed by atoms with Crippen LogP contribution in [0.4, 0.5) is 11.4 Å². The van der Waals surface area contributed by atoms with Crippen molar-refractivity contribution in [3.63, 3.8) is 0 Å². The molecule has 94 valence electrons. The Morgan fingerprint density at radius 1 is 1.35 bits per heavy atom. The molecule has 1 fully saturated rings. The normalized spacial score (nSPS) is 21.6. The van der Waals surface area contributed by atoms with Crippen LogP contribution in [0.25, 0.3) is 0 Å². The molecule has 0 bridgehead atoms. The molecule has 0 spiro atoms. The molecular formula is C14H23N3. The fourth-order valence-electron chi connectivity index (χ4n) is 2.56. The van der Waals surface area contributed by atoms with Crippen LogP contribution in [-0.4, -0.2) is 44.2 Å². The zero-order valence-corrected chi connectivity index (χ0v) is 11.1. The third-order valence-electron chi connectivity index (χ3n) is 3.67. The first-order valence-electron chi connectivity index (χ1n) is 6.51. The average Bonchev–Trinajstić information content (AvgIpc) is 2.38. The van der Waals surface area contributed by atoms with Gasteiger partial charge in [-0.25, -0.2) is 0 Å². The summed E-state index contributed by atoms with van der Waals surface area (Å²) in [7, 11) is 1.97. The van der Waals surface area contributed by atoms with E-state index in [0.29, 0.717) is 6.04 Å². The van der Waals surface area contributed by atoms with Crippen LogP contribution in [0, 0.1) is 0 Å². The van der Waals surface area contributed by atoms with E-state index in [1.807, 2.05) is 7.05 Å². The van der Waals surface area contributed by atoms with Gasteiger partial charge in [0.2, 0.25) is 0 Å². The van der Waals surface area contributed by atoms with E-state index in [1.54, 1.807) is 0 Å². The topological polar surface area (TPSA) is 18.5 Å². The lowest BCUT2D eigenvalue weighted by Crippen LogP contribution is -2.51. The van der Waals surface area contributed by atoms with Gasteiger partial charge in [-0.3, -0.25) is 4.90 Å². The molecule has 1 unspecified atom stereocenters. The van der Waals surface area contributed by atoms with E-state index in [0.717, 1.165) is 19.6 Å². The van der Waals surface area contributed by atoms with Gasteiger partial charge in [-0.2, -0.15) is 0 Å². The highest BCUT2D eigenvalue weighted by molar-refractivity contribution is 5.58. The number of nitrogens with one attached hydrogen (secondary N) is 1. The minimum Gasteiger partial charge on any atom is -0.388 e. The molecule has 2 rings (SSSR count). The highest BCUT2D eigenvalue weighted by Gasteiger charge is 2.22. The molecule has 1 N–H and O–H groups in total. The lowest BCUT2D eigenvalue weighted by Gasteiger charge is -2.40. The van der Waals surface area contributed by atoms with Gasteiger partial charge < -0.3 is 10.2 Å². The van der Waals surface area contributed by atoms with Crippen molar-refractivity contribution in [3.05, 3.63) is 24.3 Å². The number of hydrogen-bond acceptors (Lipinski definition) is 3. The van der Waals surface area contributed by atoms with Crippen LogP contribution < -0.4 is 10.2 Å². The minimum atomic E-state index is 0.645. The Labute approximate surface area is 104 Å². The molecular weight excluding hydrogens is 210 g/mol. The van der Waals surface area contributed by atoms with Crippen LogP contribution in [0.2, 0.25) is 0 Å². The molecule has 3 heteroatoms. The molecule has 1 heterocycles. The molecule has 1 aliphatic rings. The van der Waals surface area contributed by atoms with E-state index in [-0.39, 0.29) is 0 Å². The summed E-state index contributed by atoms with van der Waals surface area (Å²) < 4.78 is 0. The maximum absolute atomic E-state index is 3.20. The summed E-state index contributed by atoms with van der Waals surface area (Å²) >= 11 is 0. The van der Waals surface area contributed by atoms with Gasteiger partial charge in [0.15, 0.2) is 0 Å². The van der Waals surface area contributed by atoms with Crippen LogP contribution in [0.5, 0.6) is 0 Å². The van der Waals surface area contributed by atoms with Crippen LogP contribution in [-0.2, 0) is 0 Å². The second kappa shape index (κ2) is 5.41. The molecule has 0 aromatic heterocycles. The number of hydrogen-bond donors (Lipinski definition) is 1. The molecule has 1 aromatic carbocycles. The van der Waals surface area contributed by atoms with Gasteiger partial charge >= 0.3 is 0 Å². The number of benzene rings is 1. The highest BCUT2D eigenvalue weighted by Crippen LogP contribution is 2.22. The smallest absolute Gasteiger partial charge is 0.0387 e. The average molecular weight is 233 g/mol. The molecule has 0 aliphatic carbocycles. The molecule has 1 saturated heterocycles. The molecule has 1 atom stereocenters. The fraction of sp³-hybridized carbons (Fsp3) is 0.571. The number of anilines is 2. The first-order chi connectivity index (χ1) is 8.24. The Hall–Kier alpha value is -1.22. The Kier molecular flexibility index (Phi) is 3.89. The van der Waals surface area contributed by atoms with E-state index in [1.165, 1.54) is 17.9 Å². The van der Waals surface area contributed by atoms with Gasteiger partial charge in [0, 0.05) is 44.1 Å². The molecule has 1 aliphatic heterocycles. The van der Waals surface area contributed by atoms with Gasteiger partial charge in [-0.05, 0) is 31.7 Å². The van der Waals surface area contributed by atoms with Crippen LogP contribution >= 0.6 is 0 Å². The quantitative estimate of drug-likeness (QED) is 0.864. The molecule has 3 nitrogen and oxygen atoms in total. The van der Waals surface area contributed by atoms with E-state index < -0.39 is 0 Å². The fourth-order valence-corrected chi connectivity index (χ4v) is 2.56. The molecule has 0 amide bonds. The van der Waals surface area contributed by atoms with E-state index in [9.17, 15) is 0 Å². The SMILES string of the molecule is CCN1CCN(c2cccc(NC)c2)CC1C. The summed E-state index contributed by atoms with van der Waals surface area (Å²) in [6.45, 7) is 9.14. The van der Waals surface area contributed by atoms with Crippen molar-refractivity contribution < 1.29 is 0 Å². The van der Waals surface area contributed by atoms with Crippen LogP contribution in [0.3, 0.4) is 0 Å². The first kappa shape index (κ1) is 12.2. The standard InChI is InChI=1S/C14H23N3/c1-4-16-8-9-17(11-12(16)2)14-7-5-6-13(10-14)15-3/h5-7,10,12,15H,4,8-9,11H2,1-3H3. The van der Waals surface area contributed by atoms with E-state index in [2.05, 4.69) is 53.2 Å². The number of nitrogens with zero attached hydrogens (tertiary/aromatic N) is 2. The van der Waals surface area contributed by atoms with Gasteiger partial charge in [0.1, 0.15) is 0 Å². The second-order valence-electron chi connectivity index (χ2n) is 4.72. The Balaban J connectivity index is 2.08. The summed E-state index contributed by atoms with van der Waals surface area (Å²) in [6.07, 6.45) is 0. The highest BCUT2D eigenvalue weighted by atomic mass is 15.3. The van der Waals surface area contributed by atoms with Crippen molar-refractivity contribution in [2.75, 3.05) is 43.4 Å². The maximum atomic E-state index is 3.20. The van der Waals surface area contributed by atoms with Crippen molar-refractivity contribution in [3.8, 4) is 0 Å². The van der Waals surface area contributed by atoms with Crippen molar-refractivity contribution in [1.29, 1.82) is 0 Å². The zero-order chi connectivity index (χ0) is 12.3. The van der Waals surface area contributed by atoms with Crippen LogP contribution in [0.15, 0.2) is 24.3 Å². The van der Waals surface area contributed by atoms with E-state index in [4.69, 9.17) is 0 Å². The van der Waals surface area contributed by atoms with Crippen molar-refractivity contribution in [2.24, 2.45) is 0 Å². The van der Waals surface area contributed by atoms with Crippen molar-refractivity contribution in [2.45, 2.75) is 19.9 Å². The Bertz CT molecular complexity index is 364. The minimum absolute atomic E-state index is 0.645. The Morgan fingerprint density at radius 2 is 2.18 bits per heavy atom. The molecule has 0 radical (unpaired) electrons. The molecule has 0 saturated carbocycles. The third kappa shape index (κ3) is 2.72. The molecule has 1 aromatic rings. The maximum Gasteiger partial charge on any atom is 0.0387 e. The van der Waals surface area contributed by atoms with Gasteiger partial charge in [-0.15, -0.1) is 0 Å². The summed E-state index contributed by atoms with van der Waals surface area (Å²) in [5.41, 5.74) is 2.52. The van der Waals surface area contributed by atoms with Gasteiger partial charge in [0.25, 0.3) is 0 Å². The second-order valence-corrected chi connectivity index (χ2v) is 4.72. The summed E-state index contributed by atoms with van der Waals surface area (Å²) in [5.74, 6) is 0. The van der Waals surface area contributed by atoms with Crippen LogP contribution in [0.1, 0.15) is 13.8 Å². The van der Waals surface area contributed by atoms with Gasteiger partial charge in [-0.1, -0.05) is 13.0 Å². The Morgan fingerprint density at radius 3 is 2.82 bits per heavy atom.